The molecule has 2 N–H and O–H groups in total. The van der Waals surface area contributed by atoms with Crippen LogP contribution in [0.5, 0.6) is 0 Å². The molecular formula is C18H27N3. The summed E-state index contributed by atoms with van der Waals surface area (Å²) < 4.78 is 2.20. The first kappa shape index (κ1) is 14.6. The summed E-state index contributed by atoms with van der Waals surface area (Å²) in [6.07, 6.45) is 4.31. The van der Waals surface area contributed by atoms with Crippen molar-refractivity contribution in [3.63, 3.8) is 0 Å². The Morgan fingerprint density at radius 2 is 2.00 bits per heavy atom. The first-order chi connectivity index (χ1) is 9.78. The fraction of sp³-hybridized carbons (Fsp3) is 0.611. The highest BCUT2D eigenvalue weighted by Crippen LogP contribution is 2.43. The van der Waals surface area contributed by atoms with E-state index in [2.05, 4.69) is 50.6 Å². The molecule has 1 fully saturated rings. The van der Waals surface area contributed by atoms with E-state index in [1.807, 2.05) is 6.07 Å². The van der Waals surface area contributed by atoms with Crippen molar-refractivity contribution in [3.8, 4) is 0 Å². The molecule has 1 aliphatic carbocycles. The number of aromatic nitrogens is 2. The van der Waals surface area contributed by atoms with E-state index in [9.17, 15) is 0 Å². The summed E-state index contributed by atoms with van der Waals surface area (Å²) in [6.45, 7) is 7.02. The molecule has 3 heteroatoms. The lowest BCUT2D eigenvalue weighted by atomic mass is 9.63. The molecule has 2 atom stereocenters. The Bertz CT molecular complexity index is 656. The molecule has 2 unspecified atom stereocenters. The second-order valence-electron chi connectivity index (χ2n) is 7.97. The van der Waals surface area contributed by atoms with Gasteiger partial charge in [0.05, 0.1) is 11.0 Å². The summed E-state index contributed by atoms with van der Waals surface area (Å²) >= 11 is 0. The van der Waals surface area contributed by atoms with Gasteiger partial charge < -0.3 is 10.3 Å². The number of para-hydroxylation sites is 2. The van der Waals surface area contributed by atoms with Gasteiger partial charge in [0.2, 0.25) is 0 Å². The Balaban J connectivity index is 1.92. The third-order valence-electron chi connectivity index (χ3n) is 4.88. The minimum atomic E-state index is -0.129. The molecule has 0 aliphatic heterocycles. The van der Waals surface area contributed by atoms with Crippen LogP contribution in [0.1, 0.15) is 45.9 Å². The molecule has 1 aromatic heterocycles. The van der Waals surface area contributed by atoms with Gasteiger partial charge in [0.15, 0.2) is 0 Å². The molecule has 0 bridgehead atoms. The van der Waals surface area contributed by atoms with Crippen molar-refractivity contribution in [2.24, 2.45) is 24.1 Å². The SMILES string of the molecule is CC1CC(C)(C)CC(N)(Cc2nc3ccccc3n2C)C1. The normalized spacial score (nSPS) is 28.9. The highest BCUT2D eigenvalue weighted by atomic mass is 15.1. The van der Waals surface area contributed by atoms with E-state index in [4.69, 9.17) is 10.7 Å². The van der Waals surface area contributed by atoms with Gasteiger partial charge in [0.25, 0.3) is 0 Å². The van der Waals surface area contributed by atoms with E-state index in [0.29, 0.717) is 11.3 Å². The van der Waals surface area contributed by atoms with Crippen LogP contribution in [0.25, 0.3) is 11.0 Å². The lowest BCUT2D eigenvalue weighted by molar-refractivity contribution is 0.106. The van der Waals surface area contributed by atoms with Crippen molar-refractivity contribution in [1.82, 2.24) is 9.55 Å². The highest BCUT2D eigenvalue weighted by Gasteiger charge is 2.41. The fourth-order valence-corrected chi connectivity index (χ4v) is 4.61. The van der Waals surface area contributed by atoms with Crippen LogP contribution in [0.2, 0.25) is 0 Å². The molecule has 0 spiro atoms. The average Bonchev–Trinajstić information content (AvgIpc) is 2.63. The van der Waals surface area contributed by atoms with Gasteiger partial charge in [0, 0.05) is 19.0 Å². The van der Waals surface area contributed by atoms with E-state index in [-0.39, 0.29) is 5.54 Å². The molecule has 21 heavy (non-hydrogen) atoms. The number of rotatable bonds is 2. The van der Waals surface area contributed by atoms with Crippen LogP contribution in [0.15, 0.2) is 24.3 Å². The van der Waals surface area contributed by atoms with E-state index in [1.165, 1.54) is 11.9 Å². The minimum absolute atomic E-state index is 0.129. The van der Waals surface area contributed by atoms with Gasteiger partial charge >= 0.3 is 0 Å². The van der Waals surface area contributed by atoms with Crippen molar-refractivity contribution in [3.05, 3.63) is 30.1 Å². The molecule has 1 heterocycles. The standard InChI is InChI=1S/C18H27N3/c1-13-9-17(2,3)12-18(19,10-13)11-16-20-14-7-5-6-8-15(14)21(16)4/h5-8,13H,9-12,19H2,1-4H3. The number of fused-ring (bicyclic) bond motifs is 1. The maximum absolute atomic E-state index is 6.79. The summed E-state index contributed by atoms with van der Waals surface area (Å²) in [4.78, 5) is 4.81. The summed E-state index contributed by atoms with van der Waals surface area (Å²) in [5, 5.41) is 0. The number of imidazole rings is 1. The maximum atomic E-state index is 6.79. The highest BCUT2D eigenvalue weighted by molar-refractivity contribution is 5.75. The number of hydrogen-bond acceptors (Lipinski definition) is 2. The topological polar surface area (TPSA) is 43.8 Å². The van der Waals surface area contributed by atoms with Crippen LogP contribution in [0.4, 0.5) is 0 Å². The van der Waals surface area contributed by atoms with Gasteiger partial charge in [-0.1, -0.05) is 32.9 Å². The Morgan fingerprint density at radius 3 is 2.67 bits per heavy atom. The Labute approximate surface area is 127 Å². The van der Waals surface area contributed by atoms with Crippen molar-refractivity contribution in [2.75, 3.05) is 0 Å². The lowest BCUT2D eigenvalue weighted by Gasteiger charge is -2.45. The quantitative estimate of drug-likeness (QED) is 0.915. The molecule has 3 rings (SSSR count). The monoisotopic (exact) mass is 285 g/mol. The predicted octanol–water partition coefficient (Wildman–Crippen LogP) is 3.66. The summed E-state index contributed by atoms with van der Waals surface area (Å²) in [5.41, 5.74) is 9.26. The number of hydrogen-bond donors (Lipinski definition) is 1. The van der Waals surface area contributed by atoms with Crippen LogP contribution < -0.4 is 5.73 Å². The van der Waals surface area contributed by atoms with E-state index in [1.54, 1.807) is 0 Å². The van der Waals surface area contributed by atoms with Crippen LogP contribution in [-0.4, -0.2) is 15.1 Å². The average molecular weight is 285 g/mol. The maximum Gasteiger partial charge on any atom is 0.111 e. The van der Waals surface area contributed by atoms with Gasteiger partial charge in [-0.05, 0) is 42.7 Å². The lowest BCUT2D eigenvalue weighted by Crippen LogP contribution is -2.51. The van der Waals surface area contributed by atoms with Gasteiger partial charge in [0.1, 0.15) is 5.82 Å². The van der Waals surface area contributed by atoms with Crippen molar-refractivity contribution in [2.45, 2.75) is 52.0 Å². The molecule has 114 valence electrons. The Kier molecular flexibility index (Phi) is 3.36. The van der Waals surface area contributed by atoms with Gasteiger partial charge in [-0.3, -0.25) is 0 Å². The summed E-state index contributed by atoms with van der Waals surface area (Å²) in [5.74, 6) is 1.80. The van der Waals surface area contributed by atoms with E-state index in [0.717, 1.165) is 30.6 Å². The molecule has 0 radical (unpaired) electrons. The smallest absolute Gasteiger partial charge is 0.111 e. The number of nitrogens with zero attached hydrogens (tertiary/aromatic N) is 2. The summed E-state index contributed by atoms with van der Waals surface area (Å²) in [6, 6.07) is 8.32. The van der Waals surface area contributed by atoms with E-state index >= 15 is 0 Å². The zero-order valence-corrected chi connectivity index (χ0v) is 13.7. The fourth-order valence-electron chi connectivity index (χ4n) is 4.61. The first-order valence-electron chi connectivity index (χ1n) is 7.97. The number of benzene rings is 1. The number of nitrogens with two attached hydrogens (primary N) is 1. The molecular weight excluding hydrogens is 258 g/mol. The molecule has 3 nitrogen and oxygen atoms in total. The third kappa shape index (κ3) is 2.84. The largest absolute Gasteiger partial charge is 0.331 e. The van der Waals surface area contributed by atoms with Crippen molar-refractivity contribution < 1.29 is 0 Å². The van der Waals surface area contributed by atoms with Crippen LogP contribution in [-0.2, 0) is 13.5 Å². The second-order valence-corrected chi connectivity index (χ2v) is 7.97. The second kappa shape index (κ2) is 4.84. The first-order valence-corrected chi connectivity index (χ1v) is 7.97. The van der Waals surface area contributed by atoms with E-state index < -0.39 is 0 Å². The predicted molar refractivity (Wildman–Crippen MR) is 88.1 cm³/mol. The number of aryl methyl sites for hydroxylation is 1. The van der Waals surface area contributed by atoms with Crippen molar-refractivity contribution in [1.29, 1.82) is 0 Å². The molecule has 2 aromatic rings. The van der Waals surface area contributed by atoms with Gasteiger partial charge in [-0.2, -0.15) is 0 Å². The van der Waals surface area contributed by atoms with Gasteiger partial charge in [-0.25, -0.2) is 4.98 Å². The molecule has 1 aromatic carbocycles. The molecule has 0 saturated heterocycles. The van der Waals surface area contributed by atoms with Crippen LogP contribution >= 0.6 is 0 Å². The van der Waals surface area contributed by atoms with Gasteiger partial charge in [-0.15, -0.1) is 0 Å². The van der Waals surface area contributed by atoms with Crippen LogP contribution in [0.3, 0.4) is 0 Å². The molecule has 0 amide bonds. The minimum Gasteiger partial charge on any atom is -0.331 e. The Hall–Kier alpha value is -1.35. The van der Waals surface area contributed by atoms with Crippen molar-refractivity contribution >= 4 is 11.0 Å². The Morgan fingerprint density at radius 1 is 1.29 bits per heavy atom. The molecule has 1 saturated carbocycles. The zero-order chi connectivity index (χ0) is 15.3. The summed E-state index contributed by atoms with van der Waals surface area (Å²) in [7, 11) is 2.10. The zero-order valence-electron chi connectivity index (χ0n) is 13.7. The van der Waals surface area contributed by atoms with Crippen LogP contribution in [0, 0.1) is 11.3 Å². The third-order valence-corrected chi connectivity index (χ3v) is 4.88. The molecule has 1 aliphatic rings.